The standard InChI is InChI=1S/C11H15N5O/c1-17-11(3-2-4-11)5-12-9-8-10(14-6-13-8)16-7-15-9/h6-7H,2-5H2,1H3,(H2,12,13,14,15,16). The number of hydrogen-bond donors (Lipinski definition) is 2. The van der Waals surface area contributed by atoms with Gasteiger partial charge in [0.2, 0.25) is 0 Å². The van der Waals surface area contributed by atoms with Gasteiger partial charge in [0, 0.05) is 13.7 Å². The molecule has 1 aliphatic carbocycles. The lowest BCUT2D eigenvalue weighted by atomic mass is 9.80. The Morgan fingerprint density at radius 1 is 1.41 bits per heavy atom. The van der Waals surface area contributed by atoms with Crippen LogP contribution in [0, 0.1) is 0 Å². The quantitative estimate of drug-likeness (QED) is 0.833. The molecule has 3 rings (SSSR count). The van der Waals surface area contributed by atoms with Crippen molar-refractivity contribution in [2.45, 2.75) is 24.9 Å². The van der Waals surface area contributed by atoms with Gasteiger partial charge in [0.25, 0.3) is 0 Å². The van der Waals surface area contributed by atoms with Crippen LogP contribution >= 0.6 is 0 Å². The van der Waals surface area contributed by atoms with Gasteiger partial charge in [0.1, 0.15) is 11.8 Å². The SMILES string of the molecule is COC1(CNc2ncnc3nc[nH]c23)CCC1. The Labute approximate surface area is 98.8 Å². The Morgan fingerprint density at radius 3 is 3.00 bits per heavy atom. The largest absolute Gasteiger partial charge is 0.376 e. The minimum atomic E-state index is -0.0166. The van der Waals surface area contributed by atoms with Crippen LogP contribution < -0.4 is 5.32 Å². The van der Waals surface area contributed by atoms with E-state index in [0.29, 0.717) is 5.65 Å². The number of nitrogens with zero attached hydrogens (tertiary/aromatic N) is 3. The van der Waals surface area contributed by atoms with Gasteiger partial charge >= 0.3 is 0 Å². The number of imidazole rings is 1. The minimum absolute atomic E-state index is 0.0166. The molecule has 0 radical (unpaired) electrons. The molecule has 1 fully saturated rings. The average molecular weight is 233 g/mol. The lowest BCUT2D eigenvalue weighted by Gasteiger charge is -2.40. The van der Waals surface area contributed by atoms with Crippen LogP contribution in [0.25, 0.3) is 11.2 Å². The molecule has 2 aromatic heterocycles. The lowest BCUT2D eigenvalue weighted by Crippen LogP contribution is -2.45. The number of nitrogens with one attached hydrogen (secondary N) is 2. The first-order valence-corrected chi connectivity index (χ1v) is 5.76. The zero-order chi connectivity index (χ0) is 11.7. The predicted octanol–water partition coefficient (Wildman–Crippen LogP) is 1.33. The summed E-state index contributed by atoms with van der Waals surface area (Å²) in [5.41, 5.74) is 1.51. The van der Waals surface area contributed by atoms with Crippen molar-refractivity contribution < 1.29 is 4.74 Å². The van der Waals surface area contributed by atoms with Crippen LogP contribution in [0.4, 0.5) is 5.82 Å². The summed E-state index contributed by atoms with van der Waals surface area (Å²) in [6.45, 7) is 0.772. The van der Waals surface area contributed by atoms with E-state index in [9.17, 15) is 0 Å². The monoisotopic (exact) mass is 233 g/mol. The summed E-state index contributed by atoms with van der Waals surface area (Å²) in [5, 5.41) is 3.32. The van der Waals surface area contributed by atoms with Crippen molar-refractivity contribution in [3.8, 4) is 0 Å². The second-order valence-corrected chi connectivity index (χ2v) is 4.42. The molecule has 1 aliphatic rings. The first-order chi connectivity index (χ1) is 8.33. The van der Waals surface area contributed by atoms with E-state index in [4.69, 9.17) is 4.74 Å². The number of anilines is 1. The van der Waals surface area contributed by atoms with E-state index >= 15 is 0 Å². The Morgan fingerprint density at radius 2 is 2.29 bits per heavy atom. The maximum absolute atomic E-state index is 5.56. The molecule has 17 heavy (non-hydrogen) atoms. The average Bonchev–Trinajstić information content (AvgIpc) is 2.77. The molecule has 0 aliphatic heterocycles. The number of aromatic amines is 1. The van der Waals surface area contributed by atoms with E-state index in [1.165, 1.54) is 12.7 Å². The van der Waals surface area contributed by atoms with Crippen LogP contribution in [0.2, 0.25) is 0 Å². The fourth-order valence-electron chi connectivity index (χ4n) is 2.17. The number of aromatic nitrogens is 4. The first-order valence-electron chi connectivity index (χ1n) is 5.76. The van der Waals surface area contributed by atoms with Crippen LogP contribution in [0.5, 0.6) is 0 Å². The molecule has 0 bridgehead atoms. The zero-order valence-electron chi connectivity index (χ0n) is 9.73. The van der Waals surface area contributed by atoms with Gasteiger partial charge in [-0.3, -0.25) is 0 Å². The maximum Gasteiger partial charge on any atom is 0.182 e. The molecule has 0 atom stereocenters. The third kappa shape index (κ3) is 1.74. The minimum Gasteiger partial charge on any atom is -0.376 e. The van der Waals surface area contributed by atoms with Gasteiger partial charge in [-0.1, -0.05) is 0 Å². The fraction of sp³-hybridized carbons (Fsp3) is 0.545. The Bertz CT molecular complexity index is 514. The normalized spacial score (nSPS) is 17.9. The molecule has 0 spiro atoms. The van der Waals surface area contributed by atoms with Gasteiger partial charge in [-0.05, 0) is 19.3 Å². The summed E-state index contributed by atoms with van der Waals surface area (Å²) in [7, 11) is 1.77. The van der Waals surface area contributed by atoms with Gasteiger partial charge in [-0.2, -0.15) is 0 Å². The Balaban J connectivity index is 1.78. The number of methoxy groups -OCH3 is 1. The van der Waals surface area contributed by atoms with E-state index in [0.717, 1.165) is 30.7 Å². The first kappa shape index (κ1) is 10.5. The predicted molar refractivity (Wildman–Crippen MR) is 63.8 cm³/mol. The van der Waals surface area contributed by atoms with Crippen LogP contribution in [0.15, 0.2) is 12.7 Å². The van der Waals surface area contributed by atoms with Gasteiger partial charge in [0.15, 0.2) is 11.5 Å². The van der Waals surface area contributed by atoms with Gasteiger partial charge in [-0.15, -0.1) is 0 Å². The molecule has 1 saturated carbocycles. The van der Waals surface area contributed by atoms with Crippen molar-refractivity contribution in [3.05, 3.63) is 12.7 Å². The van der Waals surface area contributed by atoms with Crippen LogP contribution in [0.3, 0.4) is 0 Å². The highest BCUT2D eigenvalue weighted by molar-refractivity contribution is 5.81. The molecule has 6 heteroatoms. The highest BCUT2D eigenvalue weighted by Gasteiger charge is 2.36. The second kappa shape index (κ2) is 3.96. The Hall–Kier alpha value is -1.69. The number of H-pyrrole nitrogens is 1. The summed E-state index contributed by atoms with van der Waals surface area (Å²) in [6, 6.07) is 0. The van der Waals surface area contributed by atoms with Crippen molar-refractivity contribution >= 4 is 17.0 Å². The molecule has 90 valence electrons. The fourth-order valence-corrected chi connectivity index (χ4v) is 2.17. The summed E-state index contributed by atoms with van der Waals surface area (Å²) in [4.78, 5) is 15.4. The van der Waals surface area contributed by atoms with E-state index in [1.54, 1.807) is 13.4 Å². The molecule has 0 unspecified atom stereocenters. The molecule has 2 aromatic rings. The van der Waals surface area contributed by atoms with Crippen molar-refractivity contribution in [2.24, 2.45) is 0 Å². The van der Waals surface area contributed by atoms with Crippen molar-refractivity contribution in [2.75, 3.05) is 19.0 Å². The summed E-state index contributed by atoms with van der Waals surface area (Å²) in [6.07, 6.45) is 6.59. The van der Waals surface area contributed by atoms with Crippen LogP contribution in [-0.2, 0) is 4.74 Å². The molecule has 0 saturated heterocycles. The summed E-state index contributed by atoms with van der Waals surface area (Å²) < 4.78 is 5.56. The van der Waals surface area contributed by atoms with E-state index < -0.39 is 0 Å². The van der Waals surface area contributed by atoms with Gasteiger partial charge in [-0.25, -0.2) is 15.0 Å². The number of rotatable bonds is 4. The number of ether oxygens (including phenoxy) is 1. The van der Waals surface area contributed by atoms with Crippen molar-refractivity contribution in [3.63, 3.8) is 0 Å². The summed E-state index contributed by atoms with van der Waals surface area (Å²) in [5.74, 6) is 0.788. The maximum atomic E-state index is 5.56. The summed E-state index contributed by atoms with van der Waals surface area (Å²) >= 11 is 0. The topological polar surface area (TPSA) is 75.7 Å². The van der Waals surface area contributed by atoms with Gasteiger partial charge in [0.05, 0.1) is 11.9 Å². The lowest BCUT2D eigenvalue weighted by molar-refractivity contribution is -0.0601. The van der Waals surface area contributed by atoms with E-state index in [1.807, 2.05) is 0 Å². The highest BCUT2D eigenvalue weighted by Crippen LogP contribution is 2.35. The molecular weight excluding hydrogens is 218 g/mol. The van der Waals surface area contributed by atoms with Crippen LogP contribution in [-0.4, -0.2) is 39.2 Å². The Kier molecular flexibility index (Phi) is 2.44. The van der Waals surface area contributed by atoms with Gasteiger partial charge < -0.3 is 15.0 Å². The molecular formula is C11H15N5O. The van der Waals surface area contributed by atoms with E-state index in [-0.39, 0.29) is 5.60 Å². The molecule has 2 N–H and O–H groups in total. The smallest absolute Gasteiger partial charge is 0.182 e. The highest BCUT2D eigenvalue weighted by atomic mass is 16.5. The third-order valence-corrected chi connectivity index (χ3v) is 3.50. The molecule has 0 amide bonds. The van der Waals surface area contributed by atoms with Crippen molar-refractivity contribution in [1.29, 1.82) is 0 Å². The van der Waals surface area contributed by atoms with Crippen molar-refractivity contribution in [1.82, 2.24) is 19.9 Å². The molecule has 2 heterocycles. The molecule has 0 aromatic carbocycles. The van der Waals surface area contributed by atoms with E-state index in [2.05, 4.69) is 25.3 Å². The number of hydrogen-bond acceptors (Lipinski definition) is 5. The number of fused-ring (bicyclic) bond motifs is 1. The zero-order valence-corrected chi connectivity index (χ0v) is 9.73. The van der Waals surface area contributed by atoms with Crippen LogP contribution in [0.1, 0.15) is 19.3 Å². The third-order valence-electron chi connectivity index (χ3n) is 3.50. The molecule has 6 nitrogen and oxygen atoms in total. The second-order valence-electron chi connectivity index (χ2n) is 4.42.